The van der Waals surface area contributed by atoms with E-state index in [9.17, 15) is 4.79 Å². The number of piperidine rings is 1. The van der Waals surface area contributed by atoms with Crippen LogP contribution in [0.4, 0.5) is 5.69 Å². The average Bonchev–Trinajstić information content (AvgIpc) is 2.50. The van der Waals surface area contributed by atoms with Gasteiger partial charge in [0.05, 0.1) is 0 Å². The summed E-state index contributed by atoms with van der Waals surface area (Å²) in [5.41, 5.74) is 7.64. The molecule has 2 atom stereocenters. The van der Waals surface area contributed by atoms with E-state index in [2.05, 4.69) is 29.3 Å². The number of hydrogen-bond acceptors (Lipinski definition) is 3. The van der Waals surface area contributed by atoms with E-state index in [0.29, 0.717) is 12.6 Å². The van der Waals surface area contributed by atoms with Gasteiger partial charge in [0, 0.05) is 30.7 Å². The van der Waals surface area contributed by atoms with Crippen LogP contribution in [0, 0.1) is 5.92 Å². The molecule has 2 rings (SSSR count). The maximum Gasteiger partial charge on any atom is 0.228 e. The Bertz CT molecular complexity index is 467. The molecule has 0 radical (unpaired) electrons. The monoisotopic (exact) mass is 361 g/mol. The van der Waals surface area contributed by atoms with Gasteiger partial charge < -0.3 is 11.1 Å². The average molecular weight is 362 g/mol. The standard InChI is InChI=1S/C17H27N3O.2ClH/c1-13(11-18)17(21)19-16-8-6-15(7-9-16)12-20-10-4-3-5-14(20)2;;/h6-9,13-14H,3-5,10-12,18H2,1-2H3,(H,19,21);2*1H. The Labute approximate surface area is 152 Å². The Hall–Kier alpha value is -0.810. The molecule has 1 fully saturated rings. The molecular weight excluding hydrogens is 333 g/mol. The third kappa shape index (κ3) is 6.68. The fourth-order valence-corrected chi connectivity index (χ4v) is 2.69. The van der Waals surface area contributed by atoms with E-state index in [4.69, 9.17) is 5.73 Å². The van der Waals surface area contributed by atoms with Crippen LogP contribution >= 0.6 is 24.8 Å². The van der Waals surface area contributed by atoms with Crippen LogP contribution in [-0.2, 0) is 11.3 Å². The molecule has 6 heteroatoms. The van der Waals surface area contributed by atoms with Crippen molar-refractivity contribution in [3.05, 3.63) is 29.8 Å². The van der Waals surface area contributed by atoms with E-state index >= 15 is 0 Å². The van der Waals surface area contributed by atoms with E-state index in [1.165, 1.54) is 31.4 Å². The third-order valence-electron chi connectivity index (χ3n) is 4.35. The molecule has 1 aromatic rings. The Morgan fingerprint density at radius 2 is 1.96 bits per heavy atom. The first-order chi connectivity index (χ1) is 10.1. The topological polar surface area (TPSA) is 58.4 Å². The summed E-state index contributed by atoms with van der Waals surface area (Å²) in [7, 11) is 0. The summed E-state index contributed by atoms with van der Waals surface area (Å²) in [6.07, 6.45) is 3.95. The molecule has 0 aromatic heterocycles. The van der Waals surface area contributed by atoms with E-state index < -0.39 is 0 Å². The molecule has 0 bridgehead atoms. The zero-order valence-electron chi connectivity index (χ0n) is 14.0. The number of anilines is 1. The van der Waals surface area contributed by atoms with E-state index in [0.717, 1.165) is 12.2 Å². The van der Waals surface area contributed by atoms with Crippen molar-refractivity contribution in [2.24, 2.45) is 11.7 Å². The SMILES string of the molecule is CC(CN)C(=O)Nc1ccc(CN2CCCCC2C)cc1.Cl.Cl. The number of nitrogens with zero attached hydrogens (tertiary/aromatic N) is 1. The molecule has 4 nitrogen and oxygen atoms in total. The molecule has 1 aliphatic heterocycles. The van der Waals surface area contributed by atoms with Crippen LogP contribution in [-0.4, -0.2) is 29.9 Å². The lowest BCUT2D eigenvalue weighted by Crippen LogP contribution is -2.36. The van der Waals surface area contributed by atoms with Gasteiger partial charge in [0.2, 0.25) is 5.91 Å². The van der Waals surface area contributed by atoms with E-state index in [1.807, 2.05) is 19.1 Å². The van der Waals surface area contributed by atoms with Crippen LogP contribution in [0.25, 0.3) is 0 Å². The number of halogens is 2. The minimum atomic E-state index is -0.154. The summed E-state index contributed by atoms with van der Waals surface area (Å²) in [6, 6.07) is 8.83. The molecule has 1 aromatic carbocycles. The number of rotatable bonds is 5. The van der Waals surface area contributed by atoms with Gasteiger partial charge in [-0.25, -0.2) is 0 Å². The number of hydrogen-bond donors (Lipinski definition) is 2. The molecule has 23 heavy (non-hydrogen) atoms. The Morgan fingerprint density at radius 1 is 1.30 bits per heavy atom. The molecule has 1 aliphatic rings. The number of amides is 1. The van der Waals surface area contributed by atoms with Gasteiger partial charge in [0.15, 0.2) is 0 Å². The number of carbonyl (C=O) groups is 1. The van der Waals surface area contributed by atoms with Gasteiger partial charge in [0.1, 0.15) is 0 Å². The lowest BCUT2D eigenvalue weighted by atomic mass is 10.0. The zero-order chi connectivity index (χ0) is 15.2. The zero-order valence-corrected chi connectivity index (χ0v) is 15.6. The fraction of sp³-hybridized carbons (Fsp3) is 0.588. The summed E-state index contributed by atoms with van der Waals surface area (Å²) in [6.45, 7) is 6.70. The van der Waals surface area contributed by atoms with Crippen molar-refractivity contribution in [3.63, 3.8) is 0 Å². The maximum atomic E-state index is 11.8. The lowest BCUT2D eigenvalue weighted by Gasteiger charge is -2.33. The highest BCUT2D eigenvalue weighted by atomic mass is 35.5. The summed E-state index contributed by atoms with van der Waals surface area (Å²) in [5.74, 6) is -0.172. The summed E-state index contributed by atoms with van der Waals surface area (Å²) in [4.78, 5) is 14.3. The van der Waals surface area contributed by atoms with Crippen molar-refractivity contribution < 1.29 is 4.79 Å². The van der Waals surface area contributed by atoms with Gasteiger partial charge in [-0.05, 0) is 44.0 Å². The molecule has 1 heterocycles. The van der Waals surface area contributed by atoms with Crippen LogP contribution in [0.15, 0.2) is 24.3 Å². The van der Waals surface area contributed by atoms with Crippen molar-refractivity contribution in [2.75, 3.05) is 18.4 Å². The summed E-state index contributed by atoms with van der Waals surface area (Å²) in [5, 5.41) is 2.90. The minimum Gasteiger partial charge on any atom is -0.330 e. The van der Waals surface area contributed by atoms with E-state index in [1.54, 1.807) is 0 Å². The normalized spacial score (nSPS) is 19.2. The highest BCUT2D eigenvalue weighted by molar-refractivity contribution is 5.92. The van der Waals surface area contributed by atoms with Gasteiger partial charge in [0.25, 0.3) is 0 Å². The second-order valence-electron chi connectivity index (χ2n) is 6.14. The number of benzene rings is 1. The van der Waals surface area contributed by atoms with Gasteiger partial charge in [-0.15, -0.1) is 24.8 Å². The Balaban J connectivity index is 0.00000242. The number of nitrogens with two attached hydrogens (primary N) is 1. The van der Waals surface area contributed by atoms with Crippen molar-refractivity contribution >= 4 is 36.4 Å². The minimum absolute atomic E-state index is 0. The lowest BCUT2D eigenvalue weighted by molar-refractivity contribution is -0.119. The third-order valence-corrected chi connectivity index (χ3v) is 4.35. The molecule has 2 unspecified atom stereocenters. The van der Waals surface area contributed by atoms with Crippen LogP contribution < -0.4 is 11.1 Å². The van der Waals surface area contributed by atoms with E-state index in [-0.39, 0.29) is 36.6 Å². The van der Waals surface area contributed by atoms with Gasteiger partial charge in [-0.2, -0.15) is 0 Å². The first-order valence-electron chi connectivity index (χ1n) is 7.94. The molecule has 3 N–H and O–H groups in total. The predicted molar refractivity (Wildman–Crippen MR) is 102 cm³/mol. The molecule has 0 saturated carbocycles. The van der Waals surface area contributed by atoms with Crippen LogP contribution in [0.5, 0.6) is 0 Å². The summed E-state index contributed by atoms with van der Waals surface area (Å²) < 4.78 is 0. The maximum absolute atomic E-state index is 11.8. The molecule has 1 amide bonds. The van der Waals surface area contributed by atoms with Crippen LogP contribution in [0.2, 0.25) is 0 Å². The van der Waals surface area contributed by atoms with Crippen molar-refractivity contribution in [1.82, 2.24) is 4.90 Å². The number of carbonyl (C=O) groups excluding carboxylic acids is 1. The van der Waals surface area contributed by atoms with Gasteiger partial charge >= 0.3 is 0 Å². The molecule has 0 aliphatic carbocycles. The Kier molecular flexibility index (Phi) is 10.5. The predicted octanol–water partition coefficient (Wildman–Crippen LogP) is 3.44. The summed E-state index contributed by atoms with van der Waals surface area (Å²) >= 11 is 0. The van der Waals surface area contributed by atoms with Gasteiger partial charge in [-0.3, -0.25) is 9.69 Å². The number of likely N-dealkylation sites (tertiary alicyclic amines) is 1. The smallest absolute Gasteiger partial charge is 0.228 e. The fourth-order valence-electron chi connectivity index (χ4n) is 2.69. The van der Waals surface area contributed by atoms with Gasteiger partial charge in [-0.1, -0.05) is 25.5 Å². The Morgan fingerprint density at radius 3 is 2.52 bits per heavy atom. The molecule has 132 valence electrons. The molecule has 1 saturated heterocycles. The first-order valence-corrected chi connectivity index (χ1v) is 7.94. The number of nitrogens with one attached hydrogen (secondary N) is 1. The van der Waals surface area contributed by atoms with Crippen molar-refractivity contribution in [3.8, 4) is 0 Å². The second kappa shape index (κ2) is 10.9. The van der Waals surface area contributed by atoms with Crippen molar-refractivity contribution in [1.29, 1.82) is 0 Å². The first kappa shape index (κ1) is 22.2. The molecular formula is C17H29Cl2N3O. The van der Waals surface area contributed by atoms with Crippen LogP contribution in [0.1, 0.15) is 38.7 Å². The molecule has 0 spiro atoms. The largest absolute Gasteiger partial charge is 0.330 e. The van der Waals surface area contributed by atoms with Crippen LogP contribution in [0.3, 0.4) is 0 Å². The van der Waals surface area contributed by atoms with Crippen molar-refractivity contribution in [2.45, 2.75) is 45.7 Å². The quantitative estimate of drug-likeness (QED) is 0.844. The highest BCUT2D eigenvalue weighted by Gasteiger charge is 2.18. The second-order valence-corrected chi connectivity index (χ2v) is 6.14. The highest BCUT2D eigenvalue weighted by Crippen LogP contribution is 2.20.